The van der Waals surface area contributed by atoms with Crippen molar-refractivity contribution in [2.24, 2.45) is 5.10 Å². The molecule has 0 fully saturated rings. The average Bonchev–Trinajstić information content (AvgIpc) is 2.64. The van der Waals surface area contributed by atoms with Crippen LogP contribution in [0.5, 0.6) is 0 Å². The van der Waals surface area contributed by atoms with Gasteiger partial charge in [-0.15, -0.1) is 0 Å². The molecular weight excluding hydrogens is 389 g/mol. The number of ether oxygens (including phenoxy) is 1. The van der Waals surface area contributed by atoms with Crippen LogP contribution >= 0.6 is 23.2 Å². The zero-order valence-corrected chi connectivity index (χ0v) is 16.3. The Morgan fingerprint density at radius 2 is 1.85 bits per heavy atom. The van der Waals surface area contributed by atoms with E-state index in [0.29, 0.717) is 27.0 Å². The number of hydrazone groups is 1. The van der Waals surface area contributed by atoms with Crippen molar-refractivity contribution >= 4 is 46.4 Å². The molecule has 2 aromatic rings. The molecule has 0 aliphatic carbocycles. The lowest BCUT2D eigenvalue weighted by atomic mass is 10.1. The minimum absolute atomic E-state index is 0.0217. The van der Waals surface area contributed by atoms with E-state index in [0.717, 1.165) is 0 Å². The van der Waals surface area contributed by atoms with Crippen molar-refractivity contribution in [1.29, 1.82) is 0 Å². The van der Waals surface area contributed by atoms with E-state index in [-0.39, 0.29) is 12.3 Å². The van der Waals surface area contributed by atoms with E-state index in [4.69, 9.17) is 27.9 Å². The maximum absolute atomic E-state index is 12.3. The van der Waals surface area contributed by atoms with Crippen LogP contribution in [0.25, 0.3) is 0 Å². The van der Waals surface area contributed by atoms with Gasteiger partial charge >= 0.3 is 0 Å². The fourth-order valence-electron chi connectivity index (χ4n) is 2.29. The Balaban J connectivity index is 1.93. The monoisotopic (exact) mass is 407 g/mol. The first-order valence-electron chi connectivity index (χ1n) is 8.06. The van der Waals surface area contributed by atoms with Gasteiger partial charge < -0.3 is 10.1 Å². The van der Waals surface area contributed by atoms with Gasteiger partial charge in [0.25, 0.3) is 5.91 Å². The third kappa shape index (κ3) is 6.36. The molecule has 2 amide bonds. The summed E-state index contributed by atoms with van der Waals surface area (Å²) in [4.78, 5) is 24.4. The van der Waals surface area contributed by atoms with Gasteiger partial charge in [0.15, 0.2) is 6.10 Å². The third-order valence-corrected chi connectivity index (χ3v) is 4.12. The molecule has 0 saturated heterocycles. The van der Waals surface area contributed by atoms with Gasteiger partial charge in [-0.1, -0.05) is 53.5 Å². The van der Waals surface area contributed by atoms with E-state index in [2.05, 4.69) is 15.8 Å². The SMILES string of the molecule is COC(C(=O)NN=C(C)CC(=O)Nc1cc(Cl)ccc1Cl)c1ccccc1. The van der Waals surface area contributed by atoms with Gasteiger partial charge in [-0.3, -0.25) is 9.59 Å². The fraction of sp³-hybridized carbons (Fsp3) is 0.211. The van der Waals surface area contributed by atoms with Gasteiger partial charge in [-0.2, -0.15) is 5.10 Å². The third-order valence-electron chi connectivity index (χ3n) is 3.55. The zero-order chi connectivity index (χ0) is 19.8. The molecular formula is C19H19Cl2N3O3. The van der Waals surface area contributed by atoms with E-state index < -0.39 is 12.0 Å². The summed E-state index contributed by atoms with van der Waals surface area (Å²) < 4.78 is 5.23. The summed E-state index contributed by atoms with van der Waals surface area (Å²) in [6, 6.07) is 13.8. The standard InChI is InChI=1S/C19H19Cl2N3O3/c1-12(10-17(25)22-16-11-14(20)8-9-15(16)21)23-24-19(26)18(27-2)13-6-4-3-5-7-13/h3-9,11,18H,10H2,1-2H3,(H,22,25)(H,24,26). The van der Waals surface area contributed by atoms with Crippen LogP contribution in [0, 0.1) is 0 Å². The largest absolute Gasteiger partial charge is 0.367 e. The van der Waals surface area contributed by atoms with Crippen LogP contribution in [0.3, 0.4) is 0 Å². The molecule has 0 heterocycles. The van der Waals surface area contributed by atoms with Crippen molar-refractivity contribution in [3.8, 4) is 0 Å². The predicted octanol–water partition coefficient (Wildman–Crippen LogP) is 4.20. The molecule has 8 heteroatoms. The van der Waals surface area contributed by atoms with Crippen LogP contribution in [0.4, 0.5) is 5.69 Å². The Labute approximate surface area is 167 Å². The van der Waals surface area contributed by atoms with E-state index in [1.807, 2.05) is 18.2 Å². The number of anilines is 1. The zero-order valence-electron chi connectivity index (χ0n) is 14.8. The summed E-state index contributed by atoms with van der Waals surface area (Å²) in [5.74, 6) is -0.762. The first kappa shape index (κ1) is 20.9. The highest BCUT2D eigenvalue weighted by molar-refractivity contribution is 6.35. The van der Waals surface area contributed by atoms with Crippen molar-refractivity contribution < 1.29 is 14.3 Å². The summed E-state index contributed by atoms with van der Waals surface area (Å²) in [5, 5.41) is 7.45. The van der Waals surface area contributed by atoms with Gasteiger partial charge in [0.1, 0.15) is 0 Å². The lowest BCUT2D eigenvalue weighted by Crippen LogP contribution is -2.28. The molecule has 0 saturated carbocycles. The fourth-order valence-corrected chi connectivity index (χ4v) is 2.63. The highest BCUT2D eigenvalue weighted by Gasteiger charge is 2.19. The van der Waals surface area contributed by atoms with Crippen molar-refractivity contribution in [1.82, 2.24) is 5.43 Å². The molecule has 2 rings (SSSR count). The second kappa shape index (κ2) is 10.1. The van der Waals surface area contributed by atoms with E-state index in [1.165, 1.54) is 7.11 Å². The summed E-state index contributed by atoms with van der Waals surface area (Å²) in [6.45, 7) is 1.63. The van der Waals surface area contributed by atoms with E-state index in [1.54, 1.807) is 37.3 Å². The maximum Gasteiger partial charge on any atom is 0.273 e. The number of amides is 2. The minimum Gasteiger partial charge on any atom is -0.367 e. The molecule has 2 aromatic carbocycles. The molecule has 0 spiro atoms. The normalized spacial score (nSPS) is 12.4. The number of carbonyl (C=O) groups excluding carboxylic acids is 2. The van der Waals surface area contributed by atoms with Crippen molar-refractivity contribution in [2.75, 3.05) is 12.4 Å². The molecule has 1 unspecified atom stereocenters. The van der Waals surface area contributed by atoms with Crippen molar-refractivity contribution in [3.05, 3.63) is 64.1 Å². The summed E-state index contributed by atoms with van der Waals surface area (Å²) in [7, 11) is 1.44. The number of rotatable bonds is 7. The minimum atomic E-state index is -0.790. The molecule has 0 aromatic heterocycles. The van der Waals surface area contributed by atoms with Gasteiger partial charge in [-0.25, -0.2) is 5.43 Å². The number of benzene rings is 2. The summed E-state index contributed by atoms with van der Waals surface area (Å²) in [5.41, 5.74) is 3.96. The Hall–Kier alpha value is -2.41. The van der Waals surface area contributed by atoms with Crippen LogP contribution in [-0.4, -0.2) is 24.6 Å². The second-order valence-corrected chi connectivity index (χ2v) is 6.54. The number of nitrogens with one attached hydrogen (secondary N) is 2. The molecule has 0 radical (unpaired) electrons. The summed E-state index contributed by atoms with van der Waals surface area (Å²) in [6.07, 6.45) is -0.812. The Morgan fingerprint density at radius 1 is 1.15 bits per heavy atom. The summed E-state index contributed by atoms with van der Waals surface area (Å²) >= 11 is 11.9. The molecule has 0 aliphatic rings. The van der Waals surface area contributed by atoms with E-state index in [9.17, 15) is 9.59 Å². The van der Waals surface area contributed by atoms with Crippen LogP contribution < -0.4 is 10.7 Å². The highest BCUT2D eigenvalue weighted by Crippen LogP contribution is 2.25. The van der Waals surface area contributed by atoms with Gasteiger partial charge in [0.2, 0.25) is 5.91 Å². The number of carbonyl (C=O) groups is 2. The Bertz CT molecular complexity index is 841. The van der Waals surface area contributed by atoms with E-state index >= 15 is 0 Å². The van der Waals surface area contributed by atoms with Crippen LogP contribution in [-0.2, 0) is 14.3 Å². The lowest BCUT2D eigenvalue weighted by molar-refractivity contribution is -0.131. The molecule has 1 atom stereocenters. The number of nitrogens with zero attached hydrogens (tertiary/aromatic N) is 1. The first-order valence-corrected chi connectivity index (χ1v) is 8.82. The van der Waals surface area contributed by atoms with Gasteiger partial charge in [0, 0.05) is 17.8 Å². The number of halogens is 2. The van der Waals surface area contributed by atoms with Crippen molar-refractivity contribution in [2.45, 2.75) is 19.4 Å². The Kier molecular flexibility index (Phi) is 7.79. The molecule has 6 nitrogen and oxygen atoms in total. The molecule has 0 bridgehead atoms. The maximum atomic E-state index is 12.3. The molecule has 142 valence electrons. The topological polar surface area (TPSA) is 79.8 Å². The van der Waals surface area contributed by atoms with Gasteiger partial charge in [-0.05, 0) is 30.7 Å². The number of methoxy groups -OCH3 is 1. The molecule has 27 heavy (non-hydrogen) atoms. The van der Waals surface area contributed by atoms with Crippen molar-refractivity contribution in [3.63, 3.8) is 0 Å². The molecule has 2 N–H and O–H groups in total. The first-order chi connectivity index (χ1) is 12.9. The number of hydrogen-bond donors (Lipinski definition) is 2. The average molecular weight is 408 g/mol. The van der Waals surface area contributed by atoms with Gasteiger partial charge in [0.05, 0.1) is 17.1 Å². The lowest BCUT2D eigenvalue weighted by Gasteiger charge is -2.14. The second-order valence-electron chi connectivity index (χ2n) is 5.70. The molecule has 0 aliphatic heterocycles. The Morgan fingerprint density at radius 3 is 2.52 bits per heavy atom. The number of hydrogen-bond acceptors (Lipinski definition) is 4. The van der Waals surface area contributed by atoms with Crippen LogP contribution in [0.1, 0.15) is 25.0 Å². The highest BCUT2D eigenvalue weighted by atomic mass is 35.5. The predicted molar refractivity (Wildman–Crippen MR) is 107 cm³/mol. The van der Waals surface area contributed by atoms with Crippen LogP contribution in [0.15, 0.2) is 53.6 Å². The smallest absolute Gasteiger partial charge is 0.273 e. The quantitative estimate of drug-likeness (QED) is 0.532. The van der Waals surface area contributed by atoms with Crippen LogP contribution in [0.2, 0.25) is 10.0 Å².